The molecule has 1 atom stereocenters. The average molecular weight is 243 g/mol. The van der Waals surface area contributed by atoms with Gasteiger partial charge in [-0.05, 0) is 31.5 Å². The second kappa shape index (κ2) is 5.75. The van der Waals surface area contributed by atoms with E-state index in [1.807, 2.05) is 6.07 Å². The fourth-order valence-electron chi connectivity index (χ4n) is 1.36. The van der Waals surface area contributed by atoms with Crippen molar-refractivity contribution in [2.24, 2.45) is 0 Å². The van der Waals surface area contributed by atoms with E-state index in [4.69, 9.17) is 21.1 Å². The highest BCUT2D eigenvalue weighted by molar-refractivity contribution is 6.32. The highest BCUT2D eigenvalue weighted by atomic mass is 35.5. The Balaban J connectivity index is 2.88. The first-order valence-corrected chi connectivity index (χ1v) is 5.48. The normalized spacial score (nSPS) is 12.0. The van der Waals surface area contributed by atoms with E-state index < -0.39 is 0 Å². The topological polar surface area (TPSA) is 35.5 Å². The van der Waals surface area contributed by atoms with Crippen molar-refractivity contribution in [1.82, 2.24) is 0 Å². The van der Waals surface area contributed by atoms with E-state index in [9.17, 15) is 4.79 Å². The Morgan fingerprint density at radius 1 is 1.50 bits per heavy atom. The van der Waals surface area contributed by atoms with Crippen LogP contribution in [0.5, 0.6) is 5.75 Å². The van der Waals surface area contributed by atoms with Crippen molar-refractivity contribution in [3.63, 3.8) is 0 Å². The van der Waals surface area contributed by atoms with E-state index in [1.54, 1.807) is 33.1 Å². The van der Waals surface area contributed by atoms with Gasteiger partial charge in [0, 0.05) is 0 Å². The number of carbonyl (C=O) groups excluding carboxylic acids is 1. The Kier molecular flexibility index (Phi) is 4.62. The van der Waals surface area contributed by atoms with Gasteiger partial charge in [-0.2, -0.15) is 0 Å². The van der Waals surface area contributed by atoms with Crippen LogP contribution in [0.4, 0.5) is 0 Å². The summed E-state index contributed by atoms with van der Waals surface area (Å²) < 4.78 is 9.98. The number of hydrogen-bond donors (Lipinski definition) is 0. The zero-order valence-electron chi connectivity index (χ0n) is 9.62. The molecule has 0 spiro atoms. The van der Waals surface area contributed by atoms with Crippen LogP contribution in [0.1, 0.15) is 25.3 Å². The molecule has 0 heterocycles. The van der Waals surface area contributed by atoms with Crippen LogP contribution in [-0.2, 0) is 9.53 Å². The van der Waals surface area contributed by atoms with Gasteiger partial charge in [-0.15, -0.1) is 0 Å². The van der Waals surface area contributed by atoms with Crippen molar-refractivity contribution in [1.29, 1.82) is 0 Å². The van der Waals surface area contributed by atoms with Crippen molar-refractivity contribution < 1.29 is 14.3 Å². The van der Waals surface area contributed by atoms with Gasteiger partial charge in [-0.3, -0.25) is 4.79 Å². The maximum atomic E-state index is 11.5. The van der Waals surface area contributed by atoms with Crippen LogP contribution in [0.3, 0.4) is 0 Å². The molecule has 0 aromatic heterocycles. The van der Waals surface area contributed by atoms with E-state index in [0.717, 1.165) is 5.56 Å². The number of halogens is 1. The quantitative estimate of drug-likeness (QED) is 0.762. The summed E-state index contributed by atoms with van der Waals surface area (Å²) in [5.74, 6) is 0.0357. The van der Waals surface area contributed by atoms with Crippen LogP contribution >= 0.6 is 11.6 Å². The molecule has 0 saturated heterocycles. The summed E-state index contributed by atoms with van der Waals surface area (Å²) in [5.41, 5.74) is 0.823. The lowest BCUT2D eigenvalue weighted by molar-refractivity contribution is -0.144. The first-order chi connectivity index (χ1) is 7.60. The molecular formula is C12H15ClO3. The summed E-state index contributed by atoms with van der Waals surface area (Å²) in [4.78, 5) is 11.5. The van der Waals surface area contributed by atoms with Gasteiger partial charge >= 0.3 is 5.97 Å². The van der Waals surface area contributed by atoms with E-state index in [-0.39, 0.29) is 11.9 Å². The van der Waals surface area contributed by atoms with E-state index in [1.165, 1.54) is 0 Å². The molecule has 0 amide bonds. The number of methoxy groups -OCH3 is 1. The lowest BCUT2D eigenvalue weighted by atomic mass is 10.0. The standard InChI is InChI=1S/C12H15ClO3/c1-4-16-12(14)8(2)9-5-6-11(15-3)10(13)7-9/h5-8H,4H2,1-3H3. The van der Waals surface area contributed by atoms with Gasteiger partial charge in [0.15, 0.2) is 0 Å². The van der Waals surface area contributed by atoms with Crippen LogP contribution in [0.15, 0.2) is 18.2 Å². The maximum Gasteiger partial charge on any atom is 0.313 e. The fourth-order valence-corrected chi connectivity index (χ4v) is 1.62. The molecule has 0 fully saturated rings. The fraction of sp³-hybridized carbons (Fsp3) is 0.417. The van der Waals surface area contributed by atoms with E-state index in [0.29, 0.717) is 17.4 Å². The monoisotopic (exact) mass is 242 g/mol. The Morgan fingerprint density at radius 2 is 2.19 bits per heavy atom. The van der Waals surface area contributed by atoms with Crippen LogP contribution < -0.4 is 4.74 Å². The largest absolute Gasteiger partial charge is 0.495 e. The van der Waals surface area contributed by atoms with Crippen LogP contribution in [0.2, 0.25) is 5.02 Å². The molecule has 4 heteroatoms. The van der Waals surface area contributed by atoms with Crippen molar-refractivity contribution in [2.75, 3.05) is 13.7 Å². The summed E-state index contributed by atoms with van der Waals surface area (Å²) in [6, 6.07) is 5.28. The van der Waals surface area contributed by atoms with Crippen molar-refractivity contribution >= 4 is 17.6 Å². The number of hydrogen-bond acceptors (Lipinski definition) is 3. The average Bonchev–Trinajstić information content (AvgIpc) is 2.28. The SMILES string of the molecule is CCOC(=O)C(C)c1ccc(OC)c(Cl)c1. The second-order valence-corrected chi connectivity index (χ2v) is 3.77. The molecule has 16 heavy (non-hydrogen) atoms. The molecule has 3 nitrogen and oxygen atoms in total. The first kappa shape index (κ1) is 12.8. The van der Waals surface area contributed by atoms with Gasteiger partial charge in [0.1, 0.15) is 5.75 Å². The van der Waals surface area contributed by atoms with Crippen LogP contribution in [-0.4, -0.2) is 19.7 Å². The molecule has 1 aromatic carbocycles. The highest BCUT2D eigenvalue weighted by Gasteiger charge is 2.17. The van der Waals surface area contributed by atoms with Crippen molar-refractivity contribution in [3.8, 4) is 5.75 Å². The Labute approximate surface area is 100 Å². The lowest BCUT2D eigenvalue weighted by Gasteiger charge is -2.12. The van der Waals surface area contributed by atoms with Gasteiger partial charge < -0.3 is 9.47 Å². The van der Waals surface area contributed by atoms with Gasteiger partial charge in [-0.25, -0.2) is 0 Å². The van der Waals surface area contributed by atoms with Gasteiger partial charge in [0.2, 0.25) is 0 Å². The molecule has 1 unspecified atom stereocenters. The minimum atomic E-state index is -0.316. The maximum absolute atomic E-state index is 11.5. The zero-order chi connectivity index (χ0) is 12.1. The Morgan fingerprint density at radius 3 is 2.69 bits per heavy atom. The molecule has 0 aliphatic carbocycles. The minimum absolute atomic E-state index is 0.247. The molecule has 88 valence electrons. The Hall–Kier alpha value is -1.22. The van der Waals surface area contributed by atoms with E-state index >= 15 is 0 Å². The molecule has 0 bridgehead atoms. The second-order valence-electron chi connectivity index (χ2n) is 3.37. The molecule has 0 saturated carbocycles. The summed E-state index contributed by atoms with van der Waals surface area (Å²) >= 11 is 5.98. The molecule has 1 aromatic rings. The number of carbonyl (C=O) groups is 1. The molecule has 0 N–H and O–H groups in total. The number of esters is 1. The molecule has 1 rings (SSSR count). The number of ether oxygens (including phenoxy) is 2. The predicted octanol–water partition coefficient (Wildman–Crippen LogP) is 3.02. The lowest BCUT2D eigenvalue weighted by Crippen LogP contribution is -2.12. The molecule has 0 aliphatic heterocycles. The third kappa shape index (κ3) is 2.89. The minimum Gasteiger partial charge on any atom is -0.495 e. The van der Waals surface area contributed by atoms with Crippen LogP contribution in [0.25, 0.3) is 0 Å². The summed E-state index contributed by atoms with van der Waals surface area (Å²) in [5, 5.41) is 0.496. The number of rotatable bonds is 4. The molecule has 0 radical (unpaired) electrons. The molecule has 0 aliphatic rings. The highest BCUT2D eigenvalue weighted by Crippen LogP contribution is 2.28. The predicted molar refractivity (Wildman–Crippen MR) is 63.1 cm³/mol. The van der Waals surface area contributed by atoms with Crippen molar-refractivity contribution in [3.05, 3.63) is 28.8 Å². The Bertz CT molecular complexity index is 377. The summed E-state index contributed by atoms with van der Waals surface area (Å²) in [7, 11) is 1.55. The van der Waals surface area contributed by atoms with Crippen LogP contribution in [0, 0.1) is 0 Å². The first-order valence-electron chi connectivity index (χ1n) is 5.10. The van der Waals surface area contributed by atoms with Gasteiger partial charge in [-0.1, -0.05) is 17.7 Å². The molecular weight excluding hydrogens is 228 g/mol. The number of benzene rings is 1. The zero-order valence-corrected chi connectivity index (χ0v) is 10.4. The third-order valence-electron chi connectivity index (χ3n) is 2.32. The van der Waals surface area contributed by atoms with Gasteiger partial charge in [0.05, 0.1) is 24.7 Å². The summed E-state index contributed by atoms with van der Waals surface area (Å²) in [6.07, 6.45) is 0. The smallest absolute Gasteiger partial charge is 0.313 e. The van der Waals surface area contributed by atoms with E-state index in [2.05, 4.69) is 0 Å². The van der Waals surface area contributed by atoms with Crippen molar-refractivity contribution in [2.45, 2.75) is 19.8 Å². The van der Waals surface area contributed by atoms with Gasteiger partial charge in [0.25, 0.3) is 0 Å². The summed E-state index contributed by atoms with van der Waals surface area (Å²) in [6.45, 7) is 3.95. The third-order valence-corrected chi connectivity index (χ3v) is 2.61.